The summed E-state index contributed by atoms with van der Waals surface area (Å²) in [7, 11) is 0. The number of carbonyl (C=O) groups excluding carboxylic acids is 1. The zero-order valence-corrected chi connectivity index (χ0v) is 11.4. The molecule has 2 N–H and O–H groups in total. The molecule has 0 aromatic heterocycles. The number of carbonyl (C=O) groups is 1. The Labute approximate surface area is 97.2 Å². The molecule has 3 nitrogen and oxygen atoms in total. The van der Waals surface area contributed by atoms with Gasteiger partial charge in [-0.2, -0.15) is 0 Å². The van der Waals surface area contributed by atoms with E-state index in [4.69, 9.17) is 4.55 Å². The molecule has 0 aliphatic carbocycles. The third-order valence-corrected chi connectivity index (χ3v) is 2.39. The Morgan fingerprint density at radius 2 is 1.73 bits per heavy atom. The molecule has 0 spiro atoms. The number of rotatable bonds is 4. The minimum Gasteiger partial charge on any atom is -0.330 e. The average molecular weight is 233 g/mol. The maximum atomic E-state index is 12.0. The van der Waals surface area contributed by atoms with Crippen LogP contribution in [0.5, 0.6) is 0 Å². The van der Waals surface area contributed by atoms with Crippen LogP contribution in [0, 0.1) is 5.41 Å². The highest BCUT2D eigenvalue weighted by Gasteiger charge is 2.31. The highest BCUT2D eigenvalue weighted by atomic mass is 32.2. The van der Waals surface area contributed by atoms with Gasteiger partial charge in [-0.1, -0.05) is 20.8 Å². The lowest BCUT2D eigenvalue weighted by Gasteiger charge is -2.31. The van der Waals surface area contributed by atoms with Crippen molar-refractivity contribution in [2.75, 3.05) is 5.75 Å². The second kappa shape index (κ2) is 5.32. The van der Waals surface area contributed by atoms with E-state index in [2.05, 4.69) is 5.32 Å². The van der Waals surface area contributed by atoms with Crippen LogP contribution in [0.1, 0.15) is 41.5 Å². The first-order valence-electron chi connectivity index (χ1n) is 5.16. The van der Waals surface area contributed by atoms with E-state index in [1.807, 2.05) is 41.5 Å². The van der Waals surface area contributed by atoms with Crippen LogP contribution in [0.25, 0.3) is 0 Å². The Bertz CT molecular complexity index is 216. The fourth-order valence-electron chi connectivity index (χ4n) is 1.30. The zero-order valence-electron chi connectivity index (χ0n) is 10.5. The van der Waals surface area contributed by atoms with Gasteiger partial charge >= 0.3 is 0 Å². The first kappa shape index (κ1) is 14.9. The molecule has 0 saturated heterocycles. The molecule has 4 heteroatoms. The molecule has 0 unspecified atom stereocenters. The molecular weight excluding hydrogens is 210 g/mol. The molecule has 0 fully saturated rings. The van der Waals surface area contributed by atoms with Crippen molar-refractivity contribution in [3.05, 3.63) is 0 Å². The van der Waals surface area contributed by atoms with Crippen LogP contribution in [-0.4, -0.2) is 27.7 Å². The molecule has 0 rings (SSSR count). The third kappa shape index (κ3) is 6.17. The fourth-order valence-corrected chi connectivity index (χ4v) is 1.69. The Morgan fingerprint density at radius 1 is 1.27 bits per heavy atom. The molecule has 0 bridgehead atoms. The van der Waals surface area contributed by atoms with Crippen LogP contribution in [-0.2, 0) is 4.79 Å². The number of nitrogens with one attached hydrogen (secondary N) is 1. The molecule has 15 heavy (non-hydrogen) atoms. The average Bonchev–Trinajstić information content (AvgIpc) is 1.98. The van der Waals surface area contributed by atoms with Crippen molar-refractivity contribution >= 4 is 17.8 Å². The zero-order chi connectivity index (χ0) is 12.3. The summed E-state index contributed by atoms with van der Waals surface area (Å²) in [6.45, 7) is 11.7. The van der Waals surface area contributed by atoms with Crippen molar-refractivity contribution in [2.24, 2.45) is 5.41 Å². The Kier molecular flexibility index (Phi) is 5.30. The minimum atomic E-state index is -0.376. The molecular formula is C11H23NO2S. The molecule has 0 aromatic rings. The fraction of sp³-hybridized carbons (Fsp3) is 0.909. The molecule has 90 valence electrons. The Morgan fingerprint density at radius 3 is 2.00 bits per heavy atom. The van der Waals surface area contributed by atoms with Gasteiger partial charge in [0.05, 0.1) is 6.04 Å². The van der Waals surface area contributed by atoms with Gasteiger partial charge in [0.25, 0.3) is 0 Å². The van der Waals surface area contributed by atoms with Crippen LogP contribution in [0.2, 0.25) is 0 Å². The summed E-state index contributed by atoms with van der Waals surface area (Å²) in [5.74, 6) is 0.534. The van der Waals surface area contributed by atoms with Gasteiger partial charge in [-0.05, 0) is 32.8 Å². The van der Waals surface area contributed by atoms with E-state index < -0.39 is 0 Å². The molecule has 0 aromatic carbocycles. The molecule has 0 amide bonds. The second-order valence-electron chi connectivity index (χ2n) is 5.86. The van der Waals surface area contributed by atoms with E-state index in [0.717, 1.165) is 0 Å². The van der Waals surface area contributed by atoms with Crippen molar-refractivity contribution in [1.29, 1.82) is 0 Å². The van der Waals surface area contributed by atoms with Gasteiger partial charge in [-0.15, -0.1) is 0 Å². The third-order valence-electron chi connectivity index (χ3n) is 1.90. The topological polar surface area (TPSA) is 49.3 Å². The first-order valence-corrected chi connectivity index (χ1v) is 6.10. The summed E-state index contributed by atoms with van der Waals surface area (Å²) >= 11 is 0.712. The minimum absolute atomic E-state index is 0.124. The molecule has 0 saturated carbocycles. The number of hydrogen-bond acceptors (Lipinski definition) is 4. The number of ketones is 1. The van der Waals surface area contributed by atoms with Crippen LogP contribution < -0.4 is 5.32 Å². The van der Waals surface area contributed by atoms with Crippen molar-refractivity contribution in [2.45, 2.75) is 53.1 Å². The lowest BCUT2D eigenvalue weighted by atomic mass is 9.86. The highest BCUT2D eigenvalue weighted by molar-refractivity contribution is 7.93. The van der Waals surface area contributed by atoms with Gasteiger partial charge < -0.3 is 9.87 Å². The van der Waals surface area contributed by atoms with Gasteiger partial charge in [0.1, 0.15) is 0 Å². The van der Waals surface area contributed by atoms with E-state index in [1.165, 1.54) is 0 Å². The normalized spacial score (nSPS) is 15.1. The van der Waals surface area contributed by atoms with Crippen molar-refractivity contribution in [1.82, 2.24) is 5.32 Å². The van der Waals surface area contributed by atoms with E-state index in [0.29, 0.717) is 17.8 Å². The monoisotopic (exact) mass is 233 g/mol. The quantitative estimate of drug-likeness (QED) is 0.733. The van der Waals surface area contributed by atoms with E-state index in [9.17, 15) is 4.79 Å². The second-order valence-corrected chi connectivity index (χ2v) is 6.45. The molecule has 0 radical (unpaired) electrons. The Hall–Kier alpha value is -0.0600. The van der Waals surface area contributed by atoms with E-state index in [1.54, 1.807) is 0 Å². The van der Waals surface area contributed by atoms with Crippen LogP contribution >= 0.6 is 12.0 Å². The van der Waals surface area contributed by atoms with Crippen LogP contribution in [0.15, 0.2) is 0 Å². The molecule has 0 heterocycles. The van der Waals surface area contributed by atoms with E-state index >= 15 is 0 Å². The lowest BCUT2D eigenvalue weighted by Crippen LogP contribution is -2.52. The predicted molar refractivity (Wildman–Crippen MR) is 66.2 cm³/mol. The standard InChI is InChI=1S/C11H23NO2S/c1-10(2,3)9(13)8(7-15-14)12-11(4,5)6/h8,12,14H,7H2,1-6H3/t8-/m0/s1. The lowest BCUT2D eigenvalue weighted by molar-refractivity contribution is -0.128. The van der Waals surface area contributed by atoms with E-state index in [-0.39, 0.29) is 22.8 Å². The molecule has 0 aliphatic rings. The largest absolute Gasteiger partial charge is 0.330 e. The maximum absolute atomic E-state index is 12.0. The van der Waals surface area contributed by atoms with Crippen LogP contribution in [0.4, 0.5) is 0 Å². The molecule has 1 atom stereocenters. The summed E-state index contributed by atoms with van der Waals surface area (Å²) in [6, 6.07) is -0.292. The smallest absolute Gasteiger partial charge is 0.155 e. The highest BCUT2D eigenvalue weighted by Crippen LogP contribution is 2.19. The summed E-state index contributed by atoms with van der Waals surface area (Å²) < 4.78 is 8.87. The van der Waals surface area contributed by atoms with Crippen LogP contribution in [0.3, 0.4) is 0 Å². The summed E-state index contributed by atoms with van der Waals surface area (Å²) in [6.07, 6.45) is 0. The maximum Gasteiger partial charge on any atom is 0.155 e. The van der Waals surface area contributed by atoms with Gasteiger partial charge in [-0.25, -0.2) is 0 Å². The Balaban J connectivity index is 4.60. The van der Waals surface area contributed by atoms with Crippen molar-refractivity contribution < 1.29 is 9.35 Å². The first-order chi connectivity index (χ1) is 6.58. The SMILES string of the molecule is CC(C)(C)N[C@@H](CSO)C(=O)C(C)(C)C. The summed E-state index contributed by atoms with van der Waals surface area (Å²) in [5.41, 5.74) is -0.500. The summed E-state index contributed by atoms with van der Waals surface area (Å²) in [5, 5.41) is 3.23. The van der Waals surface area contributed by atoms with Crippen molar-refractivity contribution in [3.8, 4) is 0 Å². The number of Topliss-reactive ketones (excluding diaryl/α,β-unsaturated/α-hetero) is 1. The van der Waals surface area contributed by atoms with Gasteiger partial charge in [-0.3, -0.25) is 4.79 Å². The van der Waals surface area contributed by atoms with Crippen molar-refractivity contribution in [3.63, 3.8) is 0 Å². The predicted octanol–water partition coefficient (Wildman–Crippen LogP) is 2.56. The van der Waals surface area contributed by atoms with Gasteiger partial charge in [0.2, 0.25) is 0 Å². The van der Waals surface area contributed by atoms with Gasteiger partial charge in [0, 0.05) is 16.7 Å². The number of hydrogen-bond donors (Lipinski definition) is 2. The molecule has 0 aliphatic heterocycles. The summed E-state index contributed by atoms with van der Waals surface area (Å²) in [4.78, 5) is 12.0. The van der Waals surface area contributed by atoms with Gasteiger partial charge in [0.15, 0.2) is 5.78 Å².